The molecule has 1 saturated carbocycles. The van der Waals surface area contributed by atoms with Crippen molar-refractivity contribution in [1.29, 1.82) is 0 Å². The monoisotopic (exact) mass is 596 g/mol. The summed E-state index contributed by atoms with van der Waals surface area (Å²) in [4.78, 5) is 47.1. The molecule has 0 radical (unpaired) electrons. The third-order valence-corrected chi connectivity index (χ3v) is 6.54. The Morgan fingerprint density at radius 2 is 1.93 bits per heavy atom. The van der Waals surface area contributed by atoms with Gasteiger partial charge in [-0.25, -0.2) is 33.8 Å². The molecule has 226 valence electrons. The Balaban J connectivity index is 1.32. The van der Waals surface area contributed by atoms with Gasteiger partial charge in [0.2, 0.25) is 5.89 Å². The van der Waals surface area contributed by atoms with E-state index in [9.17, 15) is 23.2 Å². The minimum absolute atomic E-state index is 0.0366. The van der Waals surface area contributed by atoms with E-state index in [1.807, 2.05) is 0 Å². The maximum absolute atomic E-state index is 13.8. The number of aromatic nitrogens is 2. The van der Waals surface area contributed by atoms with Crippen LogP contribution in [0, 0.1) is 5.92 Å². The van der Waals surface area contributed by atoms with Crippen LogP contribution in [0.2, 0.25) is 0 Å². The molecule has 1 aromatic carbocycles. The quantitative estimate of drug-likeness (QED) is 0.314. The molecule has 43 heavy (non-hydrogen) atoms. The van der Waals surface area contributed by atoms with Gasteiger partial charge in [0.1, 0.15) is 23.7 Å². The number of carboxylic acid groups (broad SMARTS) is 1. The normalized spacial score (nSPS) is 16.7. The number of hydrogen-bond donors (Lipinski definition) is 3. The first-order chi connectivity index (χ1) is 20.4. The number of carboxylic acids is 1. The van der Waals surface area contributed by atoms with Crippen LogP contribution in [0.3, 0.4) is 0 Å². The molecule has 0 spiro atoms. The van der Waals surface area contributed by atoms with Crippen molar-refractivity contribution < 1.29 is 37.4 Å². The van der Waals surface area contributed by atoms with Crippen LogP contribution in [0.25, 0.3) is 11.5 Å². The van der Waals surface area contributed by atoms with E-state index in [2.05, 4.69) is 20.7 Å². The number of carbonyl (C=O) groups excluding carboxylic acids is 2. The van der Waals surface area contributed by atoms with Crippen molar-refractivity contribution in [1.82, 2.24) is 20.7 Å². The second-order valence-corrected chi connectivity index (χ2v) is 11.2. The van der Waals surface area contributed by atoms with E-state index in [0.29, 0.717) is 29.5 Å². The topological polar surface area (TPSA) is 150 Å². The van der Waals surface area contributed by atoms with Gasteiger partial charge in [0.05, 0.1) is 16.9 Å². The largest absolute Gasteiger partial charge is 0.478 e. The molecule has 3 heterocycles. The number of pyridine rings is 1. The fraction of sp³-hybridized carbons (Fsp3) is 0.345. The van der Waals surface area contributed by atoms with Gasteiger partial charge in [-0.3, -0.25) is 14.7 Å². The molecule has 2 amide bonds. The number of hydrazine groups is 1. The Labute approximate surface area is 245 Å². The van der Waals surface area contributed by atoms with Gasteiger partial charge in [-0.2, -0.15) is 0 Å². The molecule has 1 aliphatic heterocycles. The van der Waals surface area contributed by atoms with E-state index in [4.69, 9.17) is 14.3 Å². The van der Waals surface area contributed by atoms with Gasteiger partial charge in [0, 0.05) is 24.5 Å². The van der Waals surface area contributed by atoms with E-state index in [1.54, 1.807) is 32.9 Å². The zero-order valence-corrected chi connectivity index (χ0v) is 23.6. The van der Waals surface area contributed by atoms with Crippen molar-refractivity contribution in [3.63, 3.8) is 0 Å². The number of anilines is 2. The van der Waals surface area contributed by atoms with Crippen LogP contribution in [0.5, 0.6) is 0 Å². The number of amides is 2. The molecule has 12 nitrogen and oxygen atoms in total. The summed E-state index contributed by atoms with van der Waals surface area (Å²) in [6.07, 6.45) is 2.47. The van der Waals surface area contributed by atoms with Crippen LogP contribution < -0.4 is 20.7 Å². The first-order valence-corrected chi connectivity index (χ1v) is 13.5. The van der Waals surface area contributed by atoms with Crippen LogP contribution in [-0.2, 0) is 4.74 Å². The molecule has 3 aromatic rings. The smallest absolute Gasteiger partial charge is 0.416 e. The SMILES string of the molecule is CC(C)(C)OC(=O)N(CC1CC1)c1cc(-c2nc(C(=O)NC3=CN(c4ccc(C(=O)O)cc4)NC3C(F)F)co2)ccn1. The second-order valence-electron chi connectivity index (χ2n) is 11.2. The van der Waals surface area contributed by atoms with Crippen molar-refractivity contribution in [2.24, 2.45) is 5.92 Å². The molecular formula is C29H30F2N6O6. The van der Waals surface area contributed by atoms with Gasteiger partial charge in [-0.1, -0.05) is 0 Å². The molecule has 3 N–H and O–H groups in total. The number of carbonyl (C=O) groups is 3. The molecule has 1 atom stereocenters. The fourth-order valence-electron chi connectivity index (χ4n) is 4.23. The number of oxazole rings is 1. The number of benzene rings is 1. The first kappa shape index (κ1) is 29.6. The number of aromatic carboxylic acids is 1. The molecule has 14 heteroatoms. The standard InChI is InChI=1S/C29H30F2N6O6/c1-29(2,3)43-28(41)36(13-16-4-5-16)22-12-18(10-11-32-22)26-34-21(15-42-26)25(38)33-20-14-37(35-23(20)24(30)31)19-8-6-17(7-9-19)27(39)40/h6-12,14-16,23-24,35H,4-5,13H2,1-3H3,(H,33,38)(H,39,40). The van der Waals surface area contributed by atoms with Crippen molar-refractivity contribution >= 4 is 29.5 Å². The highest BCUT2D eigenvalue weighted by Gasteiger charge is 2.34. The van der Waals surface area contributed by atoms with Gasteiger partial charge in [-0.15, -0.1) is 0 Å². The van der Waals surface area contributed by atoms with Crippen LogP contribution in [0.1, 0.15) is 54.5 Å². The van der Waals surface area contributed by atoms with Crippen molar-refractivity contribution in [3.8, 4) is 11.5 Å². The summed E-state index contributed by atoms with van der Waals surface area (Å²) < 4.78 is 38.7. The summed E-state index contributed by atoms with van der Waals surface area (Å²) in [5.41, 5.74) is 2.48. The summed E-state index contributed by atoms with van der Waals surface area (Å²) in [6.45, 7) is 5.78. The number of hydrogen-bond acceptors (Lipinski definition) is 9. The summed E-state index contributed by atoms with van der Waals surface area (Å²) in [5.74, 6) is -1.15. The lowest BCUT2D eigenvalue weighted by atomic mass is 10.2. The maximum atomic E-state index is 13.8. The zero-order valence-electron chi connectivity index (χ0n) is 23.6. The predicted octanol–water partition coefficient (Wildman–Crippen LogP) is 4.82. The average molecular weight is 597 g/mol. The number of ether oxygens (including phenoxy) is 1. The first-order valence-electron chi connectivity index (χ1n) is 13.5. The third kappa shape index (κ3) is 7.15. The van der Waals surface area contributed by atoms with E-state index in [1.165, 1.54) is 46.6 Å². The predicted molar refractivity (Wildman–Crippen MR) is 150 cm³/mol. The summed E-state index contributed by atoms with van der Waals surface area (Å²) in [5, 5.41) is 12.8. The van der Waals surface area contributed by atoms with Gasteiger partial charge in [0.15, 0.2) is 5.69 Å². The zero-order chi connectivity index (χ0) is 30.9. The molecule has 2 aliphatic rings. The van der Waals surface area contributed by atoms with Gasteiger partial charge in [0.25, 0.3) is 12.3 Å². The lowest BCUT2D eigenvalue weighted by Gasteiger charge is -2.27. The molecule has 2 aromatic heterocycles. The van der Waals surface area contributed by atoms with Crippen LogP contribution in [-0.4, -0.2) is 57.7 Å². The average Bonchev–Trinajstić information content (AvgIpc) is 3.45. The van der Waals surface area contributed by atoms with Crippen LogP contribution in [0.4, 0.5) is 25.1 Å². The van der Waals surface area contributed by atoms with Gasteiger partial charge >= 0.3 is 12.1 Å². The second kappa shape index (κ2) is 11.8. The maximum Gasteiger partial charge on any atom is 0.416 e. The van der Waals surface area contributed by atoms with Crippen LogP contribution in [0.15, 0.2) is 65.2 Å². The lowest BCUT2D eigenvalue weighted by Crippen LogP contribution is -2.43. The van der Waals surface area contributed by atoms with Crippen molar-refractivity contribution in [3.05, 3.63) is 72.0 Å². The lowest BCUT2D eigenvalue weighted by molar-refractivity contribution is 0.0576. The Hall–Kier alpha value is -4.85. The summed E-state index contributed by atoms with van der Waals surface area (Å²) in [7, 11) is 0. The Kier molecular flexibility index (Phi) is 8.13. The van der Waals surface area contributed by atoms with Gasteiger partial charge < -0.3 is 19.6 Å². The van der Waals surface area contributed by atoms with Crippen molar-refractivity contribution in [2.45, 2.75) is 51.7 Å². The number of nitrogens with one attached hydrogen (secondary N) is 2. The molecule has 5 rings (SSSR count). The summed E-state index contributed by atoms with van der Waals surface area (Å²) >= 11 is 0. The molecule has 0 bridgehead atoms. The summed E-state index contributed by atoms with van der Waals surface area (Å²) in [6, 6.07) is 7.23. The molecule has 0 saturated heterocycles. The van der Waals surface area contributed by atoms with E-state index in [-0.39, 0.29) is 22.8 Å². The molecule has 1 unspecified atom stereocenters. The van der Waals surface area contributed by atoms with Crippen molar-refractivity contribution in [2.75, 3.05) is 16.5 Å². The Morgan fingerprint density at radius 3 is 2.56 bits per heavy atom. The number of halogens is 2. The highest BCUT2D eigenvalue weighted by atomic mass is 19.3. The Morgan fingerprint density at radius 1 is 1.21 bits per heavy atom. The van der Waals surface area contributed by atoms with Gasteiger partial charge in [-0.05, 0) is 75.9 Å². The third-order valence-electron chi connectivity index (χ3n) is 6.54. The Bertz CT molecular complexity index is 1550. The number of alkyl halides is 2. The number of rotatable bonds is 9. The highest BCUT2D eigenvalue weighted by molar-refractivity contribution is 5.94. The molecular weight excluding hydrogens is 566 g/mol. The van der Waals surface area contributed by atoms with E-state index >= 15 is 0 Å². The fourth-order valence-corrected chi connectivity index (χ4v) is 4.23. The van der Waals surface area contributed by atoms with E-state index < -0.39 is 36.0 Å². The minimum atomic E-state index is -2.87. The van der Waals surface area contributed by atoms with E-state index in [0.717, 1.165) is 19.1 Å². The highest BCUT2D eigenvalue weighted by Crippen LogP contribution is 2.33. The number of nitrogens with zero attached hydrogens (tertiary/aromatic N) is 4. The van der Waals surface area contributed by atoms with Crippen LogP contribution >= 0.6 is 0 Å². The minimum Gasteiger partial charge on any atom is -0.478 e. The molecule has 1 aliphatic carbocycles. The molecule has 1 fully saturated rings.